The predicted molar refractivity (Wildman–Crippen MR) is 41.3 cm³/mol. The van der Waals surface area contributed by atoms with Crippen molar-refractivity contribution >= 4 is 5.69 Å². The SMILES string of the molecule is N#Cc1cc(C#N)cc(N=O)c1. The highest BCUT2D eigenvalue weighted by atomic mass is 16.3. The standard InChI is InChI=1S/C8H3N3O/c9-4-6-1-7(5-10)3-8(2-6)11-12/h1-3H. The third-order valence-electron chi connectivity index (χ3n) is 1.28. The molecule has 0 amide bonds. The molecule has 0 aliphatic rings. The third kappa shape index (κ3) is 1.44. The molecule has 0 radical (unpaired) electrons. The number of rotatable bonds is 1. The van der Waals surface area contributed by atoms with Gasteiger partial charge in [-0.2, -0.15) is 10.5 Å². The van der Waals surface area contributed by atoms with E-state index in [0.717, 1.165) is 0 Å². The van der Waals surface area contributed by atoms with Gasteiger partial charge in [-0.3, -0.25) is 0 Å². The topological polar surface area (TPSA) is 77.0 Å². The lowest BCUT2D eigenvalue weighted by Gasteiger charge is -1.91. The second-order valence-electron chi connectivity index (χ2n) is 2.08. The molecule has 0 aliphatic carbocycles. The summed E-state index contributed by atoms with van der Waals surface area (Å²) >= 11 is 0. The fourth-order valence-corrected chi connectivity index (χ4v) is 0.793. The zero-order valence-corrected chi connectivity index (χ0v) is 5.98. The highest BCUT2D eigenvalue weighted by Crippen LogP contribution is 2.16. The number of nitriles is 2. The fourth-order valence-electron chi connectivity index (χ4n) is 0.793. The second-order valence-corrected chi connectivity index (χ2v) is 2.08. The van der Waals surface area contributed by atoms with E-state index in [0.29, 0.717) is 0 Å². The van der Waals surface area contributed by atoms with E-state index in [1.165, 1.54) is 18.2 Å². The first kappa shape index (κ1) is 7.90. The van der Waals surface area contributed by atoms with Gasteiger partial charge >= 0.3 is 0 Å². The van der Waals surface area contributed by atoms with Crippen molar-refractivity contribution in [2.24, 2.45) is 5.18 Å². The lowest BCUT2D eigenvalue weighted by Crippen LogP contribution is -1.77. The Kier molecular flexibility index (Phi) is 2.15. The van der Waals surface area contributed by atoms with Crippen LogP contribution in [-0.4, -0.2) is 0 Å². The van der Waals surface area contributed by atoms with E-state index in [-0.39, 0.29) is 16.8 Å². The highest BCUT2D eigenvalue weighted by molar-refractivity contribution is 5.51. The molecule has 0 saturated carbocycles. The van der Waals surface area contributed by atoms with Crippen molar-refractivity contribution < 1.29 is 0 Å². The summed E-state index contributed by atoms with van der Waals surface area (Å²) in [7, 11) is 0. The molecule has 0 atom stereocenters. The highest BCUT2D eigenvalue weighted by Gasteiger charge is 1.99. The normalized spacial score (nSPS) is 8.17. The molecule has 0 N–H and O–H groups in total. The average Bonchev–Trinajstić information content (AvgIpc) is 2.16. The monoisotopic (exact) mass is 157 g/mol. The zero-order valence-electron chi connectivity index (χ0n) is 5.98. The van der Waals surface area contributed by atoms with E-state index in [1.807, 2.05) is 12.1 Å². The average molecular weight is 157 g/mol. The summed E-state index contributed by atoms with van der Waals surface area (Å²) in [5, 5.41) is 19.6. The smallest absolute Gasteiger partial charge is 0.110 e. The van der Waals surface area contributed by atoms with Gasteiger partial charge in [-0.05, 0) is 23.4 Å². The van der Waals surface area contributed by atoms with Gasteiger partial charge in [-0.15, -0.1) is 4.91 Å². The molecule has 1 rings (SSSR count). The summed E-state index contributed by atoms with van der Waals surface area (Å²) in [5.41, 5.74) is 0.637. The van der Waals surface area contributed by atoms with Crippen molar-refractivity contribution in [1.82, 2.24) is 0 Å². The molecule has 0 heterocycles. The van der Waals surface area contributed by atoms with Gasteiger partial charge in [0.05, 0.1) is 23.3 Å². The lowest BCUT2D eigenvalue weighted by molar-refractivity contribution is 1.41. The number of hydrogen-bond acceptors (Lipinski definition) is 4. The quantitative estimate of drug-likeness (QED) is 0.583. The number of hydrogen-bond donors (Lipinski definition) is 0. The molecule has 4 nitrogen and oxygen atoms in total. The Morgan fingerprint density at radius 1 is 1.08 bits per heavy atom. The van der Waals surface area contributed by atoms with Crippen LogP contribution in [0.1, 0.15) is 11.1 Å². The van der Waals surface area contributed by atoms with E-state index in [1.54, 1.807) is 0 Å². The molecule has 0 saturated heterocycles. The molecular weight excluding hydrogens is 154 g/mol. The maximum absolute atomic E-state index is 10.1. The van der Waals surface area contributed by atoms with Gasteiger partial charge in [-0.25, -0.2) is 0 Å². The summed E-state index contributed by atoms with van der Waals surface area (Å²) in [6, 6.07) is 7.70. The molecule has 0 bridgehead atoms. The third-order valence-corrected chi connectivity index (χ3v) is 1.28. The Bertz CT molecular complexity index is 365. The van der Waals surface area contributed by atoms with E-state index in [2.05, 4.69) is 5.18 Å². The van der Waals surface area contributed by atoms with Crippen LogP contribution in [0.5, 0.6) is 0 Å². The lowest BCUT2D eigenvalue weighted by atomic mass is 10.1. The number of benzene rings is 1. The van der Waals surface area contributed by atoms with Crippen LogP contribution >= 0.6 is 0 Å². The first-order chi connectivity index (χ1) is 5.80. The minimum absolute atomic E-state index is 0.102. The minimum atomic E-state index is 0.102. The van der Waals surface area contributed by atoms with E-state index < -0.39 is 0 Å². The Labute approximate surface area is 68.6 Å². The molecule has 4 heteroatoms. The molecule has 0 fully saturated rings. The maximum atomic E-state index is 10.1. The van der Waals surface area contributed by atoms with Crippen LogP contribution in [0, 0.1) is 27.6 Å². The summed E-state index contributed by atoms with van der Waals surface area (Å²) in [6.45, 7) is 0. The van der Waals surface area contributed by atoms with Gasteiger partial charge in [0.2, 0.25) is 0 Å². The van der Waals surface area contributed by atoms with Gasteiger partial charge in [0.25, 0.3) is 0 Å². The van der Waals surface area contributed by atoms with Crippen LogP contribution in [-0.2, 0) is 0 Å². The van der Waals surface area contributed by atoms with Crippen LogP contribution in [0.2, 0.25) is 0 Å². The molecule has 1 aromatic carbocycles. The summed E-state index contributed by atoms with van der Waals surface area (Å²) < 4.78 is 0. The van der Waals surface area contributed by atoms with Crippen molar-refractivity contribution in [2.45, 2.75) is 0 Å². The van der Waals surface area contributed by atoms with Crippen LogP contribution in [0.4, 0.5) is 5.69 Å². The van der Waals surface area contributed by atoms with Gasteiger partial charge in [-0.1, -0.05) is 0 Å². The van der Waals surface area contributed by atoms with E-state index in [9.17, 15) is 4.91 Å². The summed E-state index contributed by atoms with van der Waals surface area (Å²) in [6.07, 6.45) is 0. The molecule has 56 valence electrons. The summed E-state index contributed by atoms with van der Waals surface area (Å²) in [4.78, 5) is 10.1. The van der Waals surface area contributed by atoms with Gasteiger partial charge in [0, 0.05) is 0 Å². The van der Waals surface area contributed by atoms with Gasteiger partial charge in [0.15, 0.2) is 0 Å². The van der Waals surface area contributed by atoms with Crippen molar-refractivity contribution in [2.75, 3.05) is 0 Å². The first-order valence-corrected chi connectivity index (χ1v) is 3.09. The molecular formula is C8H3N3O. The number of nitrogens with zero attached hydrogens (tertiary/aromatic N) is 3. The second kappa shape index (κ2) is 3.27. The predicted octanol–water partition coefficient (Wildman–Crippen LogP) is 1.83. The van der Waals surface area contributed by atoms with E-state index in [4.69, 9.17) is 10.5 Å². The Morgan fingerprint density at radius 2 is 1.58 bits per heavy atom. The van der Waals surface area contributed by atoms with Crippen molar-refractivity contribution in [3.63, 3.8) is 0 Å². The maximum Gasteiger partial charge on any atom is 0.110 e. The molecule has 0 unspecified atom stereocenters. The largest absolute Gasteiger partial charge is 0.192 e. The molecule has 0 spiro atoms. The number of nitroso groups, excluding NO2 is 1. The Hall–Kier alpha value is -2.20. The molecule has 1 aromatic rings. The zero-order chi connectivity index (χ0) is 8.97. The van der Waals surface area contributed by atoms with Crippen LogP contribution in [0.3, 0.4) is 0 Å². The molecule has 0 aliphatic heterocycles. The van der Waals surface area contributed by atoms with Gasteiger partial charge < -0.3 is 0 Å². The molecule has 12 heavy (non-hydrogen) atoms. The Balaban J connectivity index is 3.33. The van der Waals surface area contributed by atoms with E-state index >= 15 is 0 Å². The van der Waals surface area contributed by atoms with Crippen LogP contribution < -0.4 is 0 Å². The van der Waals surface area contributed by atoms with Crippen LogP contribution in [0.15, 0.2) is 23.4 Å². The minimum Gasteiger partial charge on any atom is -0.192 e. The Morgan fingerprint density at radius 3 is 1.92 bits per heavy atom. The van der Waals surface area contributed by atoms with Crippen molar-refractivity contribution in [1.29, 1.82) is 10.5 Å². The van der Waals surface area contributed by atoms with Crippen molar-refractivity contribution in [3.8, 4) is 12.1 Å². The fraction of sp³-hybridized carbons (Fsp3) is 0. The summed E-state index contributed by atoms with van der Waals surface area (Å²) in [5.74, 6) is 0. The van der Waals surface area contributed by atoms with Gasteiger partial charge in [0.1, 0.15) is 5.69 Å². The van der Waals surface area contributed by atoms with Crippen LogP contribution in [0.25, 0.3) is 0 Å². The first-order valence-electron chi connectivity index (χ1n) is 3.09. The van der Waals surface area contributed by atoms with Crippen molar-refractivity contribution in [3.05, 3.63) is 34.2 Å². The molecule has 0 aromatic heterocycles.